The van der Waals surface area contributed by atoms with Gasteiger partial charge >= 0.3 is 5.97 Å². The van der Waals surface area contributed by atoms with Crippen LogP contribution in [0.5, 0.6) is 0 Å². The topological polar surface area (TPSA) is 75.1 Å². The van der Waals surface area contributed by atoms with Gasteiger partial charge in [0.2, 0.25) is 0 Å². The van der Waals surface area contributed by atoms with Crippen LogP contribution in [-0.4, -0.2) is 38.8 Å². The minimum absolute atomic E-state index is 0.186. The van der Waals surface area contributed by atoms with Crippen LogP contribution in [0.25, 0.3) is 0 Å². The zero-order chi connectivity index (χ0) is 11.4. The lowest BCUT2D eigenvalue weighted by molar-refractivity contribution is 0.0697. The second-order valence-corrected chi connectivity index (χ2v) is 4.81. The number of aromatic nitrogens is 2. The number of carbonyl (C=O) groups is 1. The first kappa shape index (κ1) is 11.2. The lowest BCUT2D eigenvalue weighted by Gasteiger charge is -2.23. The number of thioether (sulfide) groups is 1. The van der Waals surface area contributed by atoms with Crippen molar-refractivity contribution in [1.29, 1.82) is 0 Å². The summed E-state index contributed by atoms with van der Waals surface area (Å²) in [5, 5.41) is 19.7. The van der Waals surface area contributed by atoms with E-state index in [4.69, 9.17) is 5.11 Å². The smallest absolute Gasteiger partial charge is 0.339 e. The second-order valence-electron chi connectivity index (χ2n) is 3.66. The van der Waals surface area contributed by atoms with Gasteiger partial charge in [-0.05, 0) is 24.7 Å². The first-order valence-electron chi connectivity index (χ1n) is 5.16. The summed E-state index contributed by atoms with van der Waals surface area (Å²) < 4.78 is 0. The third-order valence-electron chi connectivity index (χ3n) is 2.45. The van der Waals surface area contributed by atoms with Crippen LogP contribution in [0, 0.1) is 0 Å². The minimum atomic E-state index is -0.971. The SMILES string of the molecule is O=C(O)c1ccnnc1NC1CCCSC1. The van der Waals surface area contributed by atoms with E-state index < -0.39 is 5.97 Å². The van der Waals surface area contributed by atoms with Crippen LogP contribution >= 0.6 is 11.8 Å². The van der Waals surface area contributed by atoms with Crippen LogP contribution in [0.1, 0.15) is 23.2 Å². The molecule has 0 radical (unpaired) electrons. The Balaban J connectivity index is 2.10. The third kappa shape index (κ3) is 2.63. The third-order valence-corrected chi connectivity index (χ3v) is 3.67. The molecular weight excluding hydrogens is 226 g/mol. The van der Waals surface area contributed by atoms with Crippen molar-refractivity contribution in [3.05, 3.63) is 17.8 Å². The van der Waals surface area contributed by atoms with Crippen molar-refractivity contribution in [3.63, 3.8) is 0 Å². The predicted molar refractivity (Wildman–Crippen MR) is 63.0 cm³/mol. The molecule has 1 aromatic rings. The summed E-state index contributed by atoms with van der Waals surface area (Å²) in [5.41, 5.74) is 0.186. The maximum Gasteiger partial charge on any atom is 0.339 e. The maximum atomic E-state index is 11.0. The van der Waals surface area contributed by atoms with Gasteiger partial charge in [-0.3, -0.25) is 0 Å². The van der Waals surface area contributed by atoms with Gasteiger partial charge in [-0.25, -0.2) is 4.79 Å². The molecule has 2 N–H and O–H groups in total. The molecule has 0 amide bonds. The summed E-state index contributed by atoms with van der Waals surface area (Å²) in [6.45, 7) is 0. The molecule has 1 aliphatic heterocycles. The van der Waals surface area contributed by atoms with E-state index in [9.17, 15) is 4.79 Å². The Hall–Kier alpha value is -1.30. The molecule has 0 aliphatic carbocycles. The van der Waals surface area contributed by atoms with Crippen LogP contribution in [0.15, 0.2) is 12.3 Å². The molecule has 1 aromatic heterocycles. The molecule has 16 heavy (non-hydrogen) atoms. The average molecular weight is 239 g/mol. The summed E-state index contributed by atoms with van der Waals surface area (Å²) >= 11 is 1.88. The second kappa shape index (κ2) is 5.16. The highest BCUT2D eigenvalue weighted by Crippen LogP contribution is 2.21. The minimum Gasteiger partial charge on any atom is -0.478 e. The van der Waals surface area contributed by atoms with Gasteiger partial charge in [0.15, 0.2) is 5.82 Å². The quantitative estimate of drug-likeness (QED) is 0.832. The first-order chi connectivity index (χ1) is 7.77. The lowest BCUT2D eigenvalue weighted by atomic mass is 10.2. The summed E-state index contributed by atoms with van der Waals surface area (Å²) in [7, 11) is 0. The van der Waals surface area contributed by atoms with Crippen LogP contribution in [0.4, 0.5) is 5.82 Å². The fourth-order valence-electron chi connectivity index (χ4n) is 1.66. The Morgan fingerprint density at radius 2 is 2.50 bits per heavy atom. The fraction of sp³-hybridized carbons (Fsp3) is 0.500. The van der Waals surface area contributed by atoms with E-state index in [2.05, 4.69) is 15.5 Å². The van der Waals surface area contributed by atoms with Gasteiger partial charge in [-0.1, -0.05) is 0 Å². The fourth-order valence-corrected chi connectivity index (χ4v) is 2.73. The summed E-state index contributed by atoms with van der Waals surface area (Å²) in [6.07, 6.45) is 3.61. The predicted octanol–water partition coefficient (Wildman–Crippen LogP) is 1.48. The molecule has 2 heterocycles. The Morgan fingerprint density at radius 1 is 1.62 bits per heavy atom. The monoisotopic (exact) mass is 239 g/mol. The number of hydrogen-bond acceptors (Lipinski definition) is 5. The summed E-state index contributed by atoms with van der Waals surface area (Å²) in [4.78, 5) is 11.0. The largest absolute Gasteiger partial charge is 0.478 e. The number of carboxylic acids is 1. The Bertz CT molecular complexity index is 380. The molecule has 86 valence electrons. The molecular formula is C10H13N3O2S. The van der Waals surface area contributed by atoms with E-state index >= 15 is 0 Å². The molecule has 0 spiro atoms. The first-order valence-corrected chi connectivity index (χ1v) is 6.32. The number of nitrogens with zero attached hydrogens (tertiary/aromatic N) is 2. The van der Waals surface area contributed by atoms with E-state index in [1.54, 1.807) is 0 Å². The molecule has 0 aromatic carbocycles. The molecule has 1 fully saturated rings. The van der Waals surface area contributed by atoms with Crippen molar-refractivity contribution in [2.45, 2.75) is 18.9 Å². The standard InChI is InChI=1S/C10H13N3O2S/c14-10(15)8-3-4-11-13-9(8)12-7-2-1-5-16-6-7/h3-4,7H,1-2,5-6H2,(H,12,13)(H,14,15). The van der Waals surface area contributed by atoms with Gasteiger partial charge in [0.1, 0.15) is 5.56 Å². The highest BCUT2D eigenvalue weighted by atomic mass is 32.2. The van der Waals surface area contributed by atoms with E-state index in [0.717, 1.165) is 18.6 Å². The van der Waals surface area contributed by atoms with Crippen molar-refractivity contribution in [2.75, 3.05) is 16.8 Å². The maximum absolute atomic E-state index is 11.0. The molecule has 6 heteroatoms. The van der Waals surface area contributed by atoms with Crippen LogP contribution in [0.3, 0.4) is 0 Å². The molecule has 0 bridgehead atoms. The summed E-state index contributed by atoms with van der Waals surface area (Å²) in [6, 6.07) is 1.77. The molecule has 0 saturated carbocycles. The molecule has 1 aliphatic rings. The van der Waals surface area contributed by atoms with Crippen molar-refractivity contribution in [1.82, 2.24) is 10.2 Å². The van der Waals surface area contributed by atoms with E-state index in [0.29, 0.717) is 11.9 Å². The Kier molecular flexibility index (Phi) is 3.61. The van der Waals surface area contributed by atoms with Gasteiger partial charge in [0.05, 0.1) is 6.20 Å². The van der Waals surface area contributed by atoms with Crippen molar-refractivity contribution in [3.8, 4) is 0 Å². The number of carboxylic acid groups (broad SMARTS) is 1. The number of rotatable bonds is 3. The number of anilines is 1. The van der Waals surface area contributed by atoms with E-state index in [1.165, 1.54) is 18.0 Å². The van der Waals surface area contributed by atoms with Crippen LogP contribution in [-0.2, 0) is 0 Å². The van der Waals surface area contributed by atoms with Crippen molar-refractivity contribution < 1.29 is 9.90 Å². The molecule has 5 nitrogen and oxygen atoms in total. The zero-order valence-electron chi connectivity index (χ0n) is 8.72. The van der Waals surface area contributed by atoms with Crippen molar-refractivity contribution >= 4 is 23.5 Å². The number of aromatic carboxylic acids is 1. The Labute approximate surface area is 97.7 Å². The average Bonchev–Trinajstić information content (AvgIpc) is 2.31. The van der Waals surface area contributed by atoms with E-state index in [1.807, 2.05) is 11.8 Å². The van der Waals surface area contributed by atoms with Crippen LogP contribution in [0.2, 0.25) is 0 Å². The van der Waals surface area contributed by atoms with Gasteiger partial charge in [0.25, 0.3) is 0 Å². The van der Waals surface area contributed by atoms with Gasteiger partial charge in [-0.2, -0.15) is 16.9 Å². The Morgan fingerprint density at radius 3 is 3.19 bits per heavy atom. The van der Waals surface area contributed by atoms with Gasteiger partial charge in [0, 0.05) is 11.8 Å². The number of nitrogens with one attached hydrogen (secondary N) is 1. The normalized spacial score (nSPS) is 20.4. The highest BCUT2D eigenvalue weighted by Gasteiger charge is 2.18. The van der Waals surface area contributed by atoms with Crippen LogP contribution < -0.4 is 5.32 Å². The number of hydrogen-bond donors (Lipinski definition) is 2. The molecule has 1 atom stereocenters. The van der Waals surface area contributed by atoms with E-state index in [-0.39, 0.29) is 5.56 Å². The summed E-state index contributed by atoms with van der Waals surface area (Å²) in [5.74, 6) is 1.59. The molecule has 1 saturated heterocycles. The highest BCUT2D eigenvalue weighted by molar-refractivity contribution is 7.99. The molecule has 1 unspecified atom stereocenters. The van der Waals surface area contributed by atoms with Gasteiger partial charge in [-0.15, -0.1) is 5.10 Å². The van der Waals surface area contributed by atoms with Crippen molar-refractivity contribution in [2.24, 2.45) is 0 Å². The molecule has 2 rings (SSSR count). The zero-order valence-corrected chi connectivity index (χ0v) is 9.54. The van der Waals surface area contributed by atoms with Gasteiger partial charge < -0.3 is 10.4 Å². The lowest BCUT2D eigenvalue weighted by Crippen LogP contribution is -2.27.